The smallest absolute Gasteiger partial charge is 0.387 e. The van der Waals surface area contributed by atoms with Crippen LogP contribution in [0.3, 0.4) is 0 Å². The molecule has 0 saturated carbocycles. The van der Waals surface area contributed by atoms with Crippen LogP contribution in [0.4, 0.5) is 8.78 Å². The first-order valence-corrected chi connectivity index (χ1v) is 7.50. The van der Waals surface area contributed by atoms with Gasteiger partial charge in [0.1, 0.15) is 5.75 Å². The van der Waals surface area contributed by atoms with E-state index in [2.05, 4.69) is 10.1 Å². The van der Waals surface area contributed by atoms with Crippen LogP contribution in [0.1, 0.15) is 26.3 Å². The van der Waals surface area contributed by atoms with Crippen molar-refractivity contribution in [3.8, 4) is 5.75 Å². The number of nitrogens with zero attached hydrogens (tertiary/aromatic N) is 1. The quantitative estimate of drug-likeness (QED) is 0.873. The van der Waals surface area contributed by atoms with Gasteiger partial charge in [-0.15, -0.1) is 0 Å². The molecule has 25 heavy (non-hydrogen) atoms. The predicted octanol–water partition coefficient (Wildman–Crippen LogP) is 2.92. The maximum absolute atomic E-state index is 12.1. The van der Waals surface area contributed by atoms with Crippen LogP contribution in [-0.4, -0.2) is 37.4 Å². The number of nitrogens with one attached hydrogen (secondary N) is 1. The number of hydrogen-bond donors (Lipinski definition) is 1. The van der Waals surface area contributed by atoms with Gasteiger partial charge in [0.2, 0.25) is 0 Å². The lowest BCUT2D eigenvalue weighted by molar-refractivity contribution is -0.0498. The predicted molar refractivity (Wildman–Crippen MR) is 88.7 cm³/mol. The Hall–Kier alpha value is -2.96. The molecule has 2 rings (SSSR count). The molecule has 1 N–H and O–H groups in total. The fourth-order valence-corrected chi connectivity index (χ4v) is 2.10. The summed E-state index contributed by atoms with van der Waals surface area (Å²) in [6.07, 6.45) is 0. The highest BCUT2D eigenvalue weighted by Crippen LogP contribution is 2.15. The topological polar surface area (TPSA) is 58.6 Å². The molecule has 2 amide bonds. The standard InChI is InChI=1S/C18H18F2N2O3/c1-22(2)17(24)14-5-3-12(4-6-14)11-21-16(23)13-7-9-15(10-8-13)25-18(19)20/h3-10,18H,11H2,1-2H3,(H,21,23). The molecule has 132 valence electrons. The van der Waals surface area contributed by atoms with Crippen LogP contribution < -0.4 is 10.1 Å². The largest absolute Gasteiger partial charge is 0.435 e. The number of alkyl halides is 2. The Morgan fingerprint density at radius 1 is 1.00 bits per heavy atom. The summed E-state index contributed by atoms with van der Waals surface area (Å²) in [5, 5.41) is 2.72. The fraction of sp³-hybridized carbons (Fsp3) is 0.222. The van der Waals surface area contributed by atoms with Crippen molar-refractivity contribution in [2.45, 2.75) is 13.2 Å². The molecule has 0 heterocycles. The summed E-state index contributed by atoms with van der Waals surface area (Å²) in [7, 11) is 3.35. The van der Waals surface area contributed by atoms with Gasteiger partial charge in [-0.2, -0.15) is 8.78 Å². The molecule has 2 aromatic carbocycles. The van der Waals surface area contributed by atoms with Gasteiger partial charge in [0, 0.05) is 31.8 Å². The Kier molecular flexibility index (Phi) is 6.05. The van der Waals surface area contributed by atoms with Crippen molar-refractivity contribution in [2.75, 3.05) is 14.1 Å². The number of carbonyl (C=O) groups excluding carboxylic acids is 2. The van der Waals surface area contributed by atoms with Gasteiger partial charge in [0.05, 0.1) is 0 Å². The van der Waals surface area contributed by atoms with Gasteiger partial charge in [-0.05, 0) is 42.0 Å². The second kappa shape index (κ2) is 8.23. The Bertz CT molecular complexity index is 729. The van der Waals surface area contributed by atoms with Crippen molar-refractivity contribution >= 4 is 11.8 Å². The SMILES string of the molecule is CN(C)C(=O)c1ccc(CNC(=O)c2ccc(OC(F)F)cc2)cc1. The van der Waals surface area contributed by atoms with Crippen LogP contribution in [-0.2, 0) is 6.54 Å². The highest BCUT2D eigenvalue weighted by atomic mass is 19.3. The van der Waals surface area contributed by atoms with E-state index in [0.29, 0.717) is 11.1 Å². The lowest BCUT2D eigenvalue weighted by Gasteiger charge is -2.11. The third kappa shape index (κ3) is 5.27. The van der Waals surface area contributed by atoms with E-state index < -0.39 is 6.61 Å². The van der Waals surface area contributed by atoms with E-state index in [1.165, 1.54) is 29.2 Å². The number of ether oxygens (including phenoxy) is 1. The third-order valence-electron chi connectivity index (χ3n) is 3.40. The molecular formula is C18H18F2N2O3. The lowest BCUT2D eigenvalue weighted by atomic mass is 10.1. The minimum atomic E-state index is -2.90. The van der Waals surface area contributed by atoms with Gasteiger partial charge in [-0.25, -0.2) is 0 Å². The Morgan fingerprint density at radius 2 is 1.56 bits per heavy atom. The van der Waals surface area contributed by atoms with Crippen LogP contribution in [0, 0.1) is 0 Å². The summed E-state index contributed by atoms with van der Waals surface area (Å²) >= 11 is 0. The Morgan fingerprint density at radius 3 is 2.08 bits per heavy atom. The van der Waals surface area contributed by atoms with E-state index in [1.54, 1.807) is 38.4 Å². The maximum Gasteiger partial charge on any atom is 0.387 e. The normalized spacial score (nSPS) is 10.4. The molecule has 2 aromatic rings. The number of rotatable bonds is 6. The first-order valence-electron chi connectivity index (χ1n) is 7.50. The van der Waals surface area contributed by atoms with Gasteiger partial charge in [0.15, 0.2) is 0 Å². The molecule has 0 aliphatic heterocycles. The molecule has 0 aromatic heterocycles. The van der Waals surface area contributed by atoms with Crippen LogP contribution in [0.15, 0.2) is 48.5 Å². The minimum Gasteiger partial charge on any atom is -0.435 e. The highest BCUT2D eigenvalue weighted by Gasteiger charge is 2.09. The average molecular weight is 348 g/mol. The molecular weight excluding hydrogens is 330 g/mol. The van der Waals surface area contributed by atoms with Gasteiger partial charge in [-0.3, -0.25) is 9.59 Å². The average Bonchev–Trinajstić information content (AvgIpc) is 2.59. The molecule has 0 aliphatic carbocycles. The second-order valence-corrected chi connectivity index (χ2v) is 5.48. The zero-order chi connectivity index (χ0) is 18.4. The maximum atomic E-state index is 12.1. The second-order valence-electron chi connectivity index (χ2n) is 5.48. The van der Waals surface area contributed by atoms with E-state index in [4.69, 9.17) is 0 Å². The number of halogens is 2. The molecule has 0 saturated heterocycles. The molecule has 0 spiro atoms. The molecule has 0 unspecified atom stereocenters. The Labute approximate surface area is 144 Å². The van der Waals surface area contributed by atoms with E-state index in [0.717, 1.165) is 5.56 Å². The lowest BCUT2D eigenvalue weighted by Crippen LogP contribution is -2.23. The third-order valence-corrected chi connectivity index (χ3v) is 3.40. The van der Waals surface area contributed by atoms with Crippen molar-refractivity contribution < 1.29 is 23.1 Å². The van der Waals surface area contributed by atoms with Gasteiger partial charge < -0.3 is 15.0 Å². The van der Waals surface area contributed by atoms with Crippen molar-refractivity contribution in [3.05, 3.63) is 65.2 Å². The summed E-state index contributed by atoms with van der Waals surface area (Å²) < 4.78 is 28.4. The van der Waals surface area contributed by atoms with Crippen LogP contribution in [0.2, 0.25) is 0 Å². The van der Waals surface area contributed by atoms with Crippen molar-refractivity contribution in [2.24, 2.45) is 0 Å². The summed E-state index contributed by atoms with van der Waals surface area (Å²) in [5.41, 5.74) is 1.73. The number of amides is 2. The minimum absolute atomic E-state index is 0.00676. The number of hydrogen-bond acceptors (Lipinski definition) is 3. The van der Waals surface area contributed by atoms with E-state index in [-0.39, 0.29) is 24.1 Å². The monoisotopic (exact) mass is 348 g/mol. The van der Waals surface area contributed by atoms with Gasteiger partial charge in [0.25, 0.3) is 11.8 Å². The molecule has 0 bridgehead atoms. The zero-order valence-electron chi connectivity index (χ0n) is 13.8. The molecule has 0 radical (unpaired) electrons. The Balaban J connectivity index is 1.92. The summed E-state index contributed by atoms with van der Waals surface area (Å²) in [6.45, 7) is -2.62. The highest BCUT2D eigenvalue weighted by molar-refractivity contribution is 5.94. The van der Waals surface area contributed by atoms with Gasteiger partial charge in [-0.1, -0.05) is 12.1 Å². The van der Waals surface area contributed by atoms with Crippen LogP contribution >= 0.6 is 0 Å². The first kappa shape index (κ1) is 18.4. The summed E-state index contributed by atoms with van der Waals surface area (Å²) in [5.74, 6) is -0.438. The number of benzene rings is 2. The van der Waals surface area contributed by atoms with Gasteiger partial charge >= 0.3 is 6.61 Å². The molecule has 0 fully saturated rings. The molecule has 0 atom stereocenters. The fourth-order valence-electron chi connectivity index (χ4n) is 2.10. The van der Waals surface area contributed by atoms with Crippen LogP contribution in [0.25, 0.3) is 0 Å². The first-order chi connectivity index (χ1) is 11.9. The van der Waals surface area contributed by atoms with Crippen molar-refractivity contribution in [1.29, 1.82) is 0 Å². The van der Waals surface area contributed by atoms with E-state index >= 15 is 0 Å². The molecule has 5 nitrogen and oxygen atoms in total. The molecule has 7 heteroatoms. The van der Waals surface area contributed by atoms with E-state index in [1.807, 2.05) is 0 Å². The summed E-state index contributed by atoms with van der Waals surface area (Å²) in [6, 6.07) is 12.3. The van der Waals surface area contributed by atoms with Crippen molar-refractivity contribution in [1.82, 2.24) is 10.2 Å². The zero-order valence-corrected chi connectivity index (χ0v) is 13.8. The molecule has 0 aliphatic rings. The number of carbonyl (C=O) groups is 2. The van der Waals surface area contributed by atoms with E-state index in [9.17, 15) is 18.4 Å². The van der Waals surface area contributed by atoms with Crippen LogP contribution in [0.5, 0.6) is 5.75 Å². The van der Waals surface area contributed by atoms with Crippen molar-refractivity contribution in [3.63, 3.8) is 0 Å². The summed E-state index contributed by atoms with van der Waals surface area (Å²) in [4.78, 5) is 25.3.